The second-order valence-electron chi connectivity index (χ2n) is 3.92. The van der Waals surface area contributed by atoms with Crippen LogP contribution in [0.25, 0.3) is 0 Å². The summed E-state index contributed by atoms with van der Waals surface area (Å²) in [7, 11) is 0. The van der Waals surface area contributed by atoms with Crippen LogP contribution >= 0.6 is 0 Å². The van der Waals surface area contributed by atoms with Gasteiger partial charge in [0.2, 0.25) is 0 Å². The highest BCUT2D eigenvalue weighted by Gasteiger charge is 2.06. The molecular weight excluding hydrogens is 184 g/mol. The van der Waals surface area contributed by atoms with Gasteiger partial charge in [0.15, 0.2) is 5.78 Å². The lowest BCUT2D eigenvalue weighted by Gasteiger charge is -2.06. The number of carbonyl (C=O) groups is 1. The van der Waals surface area contributed by atoms with Crippen molar-refractivity contribution in [1.82, 2.24) is 0 Å². The molecule has 0 aliphatic carbocycles. The van der Waals surface area contributed by atoms with Crippen molar-refractivity contribution >= 4 is 5.78 Å². The molecule has 0 heterocycles. The Morgan fingerprint density at radius 1 is 1.00 bits per heavy atom. The molecule has 0 atom stereocenters. The normalized spacial score (nSPS) is 10.3. The van der Waals surface area contributed by atoms with Crippen molar-refractivity contribution in [3.05, 3.63) is 34.9 Å². The van der Waals surface area contributed by atoms with E-state index in [0.717, 1.165) is 24.8 Å². The molecule has 0 aliphatic heterocycles. The summed E-state index contributed by atoms with van der Waals surface area (Å²) in [5, 5.41) is 0. The van der Waals surface area contributed by atoms with Crippen LogP contribution in [0.15, 0.2) is 18.2 Å². The largest absolute Gasteiger partial charge is 0.294 e. The SMILES string of the molecule is CCCC(=O)c1cc(CC)cc(CC)c1. The molecule has 1 rings (SSSR count). The quantitative estimate of drug-likeness (QED) is 0.667. The van der Waals surface area contributed by atoms with Gasteiger partial charge >= 0.3 is 0 Å². The van der Waals surface area contributed by atoms with E-state index < -0.39 is 0 Å². The third-order valence-corrected chi connectivity index (χ3v) is 2.67. The van der Waals surface area contributed by atoms with Crippen LogP contribution in [0, 0.1) is 0 Å². The van der Waals surface area contributed by atoms with Crippen molar-refractivity contribution in [2.24, 2.45) is 0 Å². The molecule has 0 N–H and O–H groups in total. The van der Waals surface area contributed by atoms with E-state index >= 15 is 0 Å². The van der Waals surface area contributed by atoms with Crippen molar-refractivity contribution in [3.63, 3.8) is 0 Å². The van der Waals surface area contributed by atoms with Crippen LogP contribution in [0.5, 0.6) is 0 Å². The summed E-state index contributed by atoms with van der Waals surface area (Å²) in [5.41, 5.74) is 3.44. The fraction of sp³-hybridized carbons (Fsp3) is 0.500. The molecule has 0 aromatic heterocycles. The van der Waals surface area contributed by atoms with Crippen LogP contribution in [-0.4, -0.2) is 5.78 Å². The molecule has 0 bridgehead atoms. The number of rotatable bonds is 5. The maximum atomic E-state index is 11.8. The lowest BCUT2D eigenvalue weighted by atomic mass is 9.98. The van der Waals surface area contributed by atoms with Crippen LogP contribution in [0.1, 0.15) is 55.1 Å². The molecule has 0 saturated carbocycles. The average Bonchev–Trinajstić information content (AvgIpc) is 2.28. The van der Waals surface area contributed by atoms with Crippen molar-refractivity contribution < 1.29 is 4.79 Å². The van der Waals surface area contributed by atoms with E-state index in [2.05, 4.69) is 19.9 Å². The third kappa shape index (κ3) is 3.19. The van der Waals surface area contributed by atoms with Gasteiger partial charge < -0.3 is 0 Å². The maximum absolute atomic E-state index is 11.8. The Hall–Kier alpha value is -1.11. The average molecular weight is 204 g/mol. The Kier molecular flexibility index (Phi) is 4.54. The Balaban J connectivity index is 3.01. The molecule has 0 unspecified atom stereocenters. The zero-order chi connectivity index (χ0) is 11.3. The van der Waals surface area contributed by atoms with Gasteiger partial charge in [-0.2, -0.15) is 0 Å². The van der Waals surface area contributed by atoms with Gasteiger partial charge in [0, 0.05) is 12.0 Å². The van der Waals surface area contributed by atoms with E-state index in [-0.39, 0.29) is 5.78 Å². The minimum absolute atomic E-state index is 0.280. The van der Waals surface area contributed by atoms with Gasteiger partial charge in [-0.1, -0.05) is 26.8 Å². The van der Waals surface area contributed by atoms with E-state index in [1.807, 2.05) is 19.1 Å². The molecule has 0 fully saturated rings. The van der Waals surface area contributed by atoms with Crippen LogP contribution in [0.2, 0.25) is 0 Å². The number of benzene rings is 1. The Morgan fingerprint density at radius 3 is 1.93 bits per heavy atom. The fourth-order valence-electron chi connectivity index (χ4n) is 1.70. The standard InChI is InChI=1S/C14H20O/c1-4-7-14(15)13-9-11(5-2)8-12(6-3)10-13/h8-10H,4-7H2,1-3H3. The first-order chi connectivity index (χ1) is 7.21. The van der Waals surface area contributed by atoms with Gasteiger partial charge in [0.05, 0.1) is 0 Å². The first kappa shape index (κ1) is 12.0. The minimum Gasteiger partial charge on any atom is -0.294 e. The summed E-state index contributed by atoms with van der Waals surface area (Å²) in [6, 6.07) is 6.27. The summed E-state index contributed by atoms with van der Waals surface area (Å²) in [6.45, 7) is 6.30. The van der Waals surface area contributed by atoms with Crippen LogP contribution in [0.3, 0.4) is 0 Å². The van der Waals surface area contributed by atoms with E-state index in [4.69, 9.17) is 0 Å². The number of aryl methyl sites for hydroxylation is 2. The van der Waals surface area contributed by atoms with Gasteiger partial charge in [-0.3, -0.25) is 4.79 Å². The maximum Gasteiger partial charge on any atom is 0.162 e. The molecule has 82 valence electrons. The summed E-state index contributed by atoms with van der Waals surface area (Å²) in [6.07, 6.45) is 3.59. The smallest absolute Gasteiger partial charge is 0.162 e. The predicted octanol–water partition coefficient (Wildman–Crippen LogP) is 3.79. The van der Waals surface area contributed by atoms with Gasteiger partial charge in [-0.15, -0.1) is 0 Å². The first-order valence-electron chi connectivity index (χ1n) is 5.87. The molecule has 0 amide bonds. The lowest BCUT2D eigenvalue weighted by molar-refractivity contribution is 0.0981. The van der Waals surface area contributed by atoms with Crippen LogP contribution in [-0.2, 0) is 12.8 Å². The van der Waals surface area contributed by atoms with E-state index in [1.54, 1.807) is 0 Å². The van der Waals surface area contributed by atoms with Crippen molar-refractivity contribution in [2.45, 2.75) is 46.5 Å². The molecular formula is C14H20O. The van der Waals surface area contributed by atoms with Gasteiger partial charge in [-0.05, 0) is 42.5 Å². The molecule has 1 heteroatoms. The van der Waals surface area contributed by atoms with E-state index in [0.29, 0.717) is 6.42 Å². The van der Waals surface area contributed by atoms with Crippen molar-refractivity contribution in [1.29, 1.82) is 0 Å². The summed E-state index contributed by atoms with van der Waals surface area (Å²) < 4.78 is 0. The number of Topliss-reactive ketones (excluding diaryl/α,β-unsaturated/α-hetero) is 1. The van der Waals surface area contributed by atoms with Gasteiger partial charge in [0.1, 0.15) is 0 Å². The number of carbonyl (C=O) groups excluding carboxylic acids is 1. The lowest BCUT2D eigenvalue weighted by Crippen LogP contribution is -2.00. The topological polar surface area (TPSA) is 17.1 Å². The third-order valence-electron chi connectivity index (χ3n) is 2.67. The molecule has 1 aromatic carbocycles. The molecule has 0 spiro atoms. The molecule has 0 saturated heterocycles. The van der Waals surface area contributed by atoms with Crippen LogP contribution < -0.4 is 0 Å². The molecule has 0 radical (unpaired) electrons. The van der Waals surface area contributed by atoms with Crippen LogP contribution in [0.4, 0.5) is 0 Å². The summed E-state index contributed by atoms with van der Waals surface area (Å²) in [4.78, 5) is 11.8. The highest BCUT2D eigenvalue weighted by Crippen LogP contribution is 2.14. The predicted molar refractivity (Wildman–Crippen MR) is 64.4 cm³/mol. The highest BCUT2D eigenvalue weighted by atomic mass is 16.1. The zero-order valence-corrected chi connectivity index (χ0v) is 9.97. The Labute approximate surface area is 92.5 Å². The number of ketones is 1. The minimum atomic E-state index is 0.280. The van der Waals surface area contributed by atoms with Crippen molar-refractivity contribution in [2.75, 3.05) is 0 Å². The van der Waals surface area contributed by atoms with Gasteiger partial charge in [0.25, 0.3) is 0 Å². The summed E-state index contributed by atoms with van der Waals surface area (Å²) >= 11 is 0. The highest BCUT2D eigenvalue weighted by molar-refractivity contribution is 5.96. The second-order valence-corrected chi connectivity index (χ2v) is 3.92. The first-order valence-corrected chi connectivity index (χ1v) is 5.87. The van der Waals surface area contributed by atoms with Crippen molar-refractivity contribution in [3.8, 4) is 0 Å². The molecule has 15 heavy (non-hydrogen) atoms. The summed E-state index contributed by atoms with van der Waals surface area (Å²) in [5.74, 6) is 0.280. The Bertz CT molecular complexity index is 317. The van der Waals surface area contributed by atoms with Gasteiger partial charge in [-0.25, -0.2) is 0 Å². The molecule has 1 aromatic rings. The van der Waals surface area contributed by atoms with E-state index in [9.17, 15) is 4.79 Å². The molecule has 0 aliphatic rings. The Morgan fingerprint density at radius 2 is 1.53 bits per heavy atom. The van der Waals surface area contributed by atoms with E-state index in [1.165, 1.54) is 11.1 Å². The monoisotopic (exact) mass is 204 g/mol. The second kappa shape index (κ2) is 5.69. The number of hydrogen-bond acceptors (Lipinski definition) is 1. The zero-order valence-electron chi connectivity index (χ0n) is 9.97. The number of hydrogen-bond donors (Lipinski definition) is 0. The molecule has 1 nitrogen and oxygen atoms in total. The fourth-order valence-corrected chi connectivity index (χ4v) is 1.70.